The van der Waals surface area contributed by atoms with Crippen LogP contribution in [0.3, 0.4) is 0 Å². The second-order valence-corrected chi connectivity index (χ2v) is 9.56. The number of piperidine rings is 1. The molecular formula is C22H25F3N2O6S. The molecule has 0 radical (unpaired) electrons. The fourth-order valence-corrected chi connectivity index (χ4v) is 4.81. The van der Waals surface area contributed by atoms with Gasteiger partial charge in [-0.05, 0) is 55.5 Å². The van der Waals surface area contributed by atoms with E-state index in [0.717, 1.165) is 25.9 Å². The van der Waals surface area contributed by atoms with Crippen LogP contribution in [0.15, 0.2) is 47.4 Å². The lowest BCUT2D eigenvalue weighted by Crippen LogP contribution is -2.35. The highest BCUT2D eigenvalue weighted by atomic mass is 32.2. The van der Waals surface area contributed by atoms with Gasteiger partial charge in [0.1, 0.15) is 0 Å². The lowest BCUT2D eigenvalue weighted by Gasteiger charge is -2.34. The maximum absolute atomic E-state index is 12.9. The summed E-state index contributed by atoms with van der Waals surface area (Å²) in [5, 5.41) is 16.4. The van der Waals surface area contributed by atoms with Crippen LogP contribution >= 0.6 is 0 Å². The predicted molar refractivity (Wildman–Crippen MR) is 120 cm³/mol. The highest BCUT2D eigenvalue weighted by molar-refractivity contribution is 7.92. The van der Waals surface area contributed by atoms with E-state index in [2.05, 4.69) is 16.5 Å². The van der Waals surface area contributed by atoms with E-state index in [1.54, 1.807) is 37.3 Å². The summed E-state index contributed by atoms with van der Waals surface area (Å²) in [7, 11) is -3.83. The van der Waals surface area contributed by atoms with Crippen LogP contribution in [0, 0.1) is 12.8 Å². The van der Waals surface area contributed by atoms with Gasteiger partial charge in [0.05, 0.1) is 21.8 Å². The van der Waals surface area contributed by atoms with Crippen LogP contribution in [-0.2, 0) is 14.8 Å². The molecule has 0 amide bonds. The number of carbonyl (C=O) groups is 2. The first-order chi connectivity index (χ1) is 15.7. The Morgan fingerprint density at radius 2 is 1.74 bits per heavy atom. The number of aliphatic carboxylic acids is 1. The Bertz CT molecular complexity index is 1150. The smallest absolute Gasteiger partial charge is 0.478 e. The summed E-state index contributed by atoms with van der Waals surface area (Å²) in [5.74, 6) is -3.35. The summed E-state index contributed by atoms with van der Waals surface area (Å²) in [4.78, 5) is 22.6. The van der Waals surface area contributed by atoms with Gasteiger partial charge in [-0.1, -0.05) is 25.1 Å². The molecule has 0 saturated carbocycles. The standard InChI is InChI=1S/C20H24N2O4S.C2HF3O2/c1-14-6-5-11-22(13-14)18-10-9-16(20(23)24)12-17(18)21-27(25,26)19-8-4-3-7-15(19)2;3-2(4,5)1(6)7/h3-4,7-10,12,14,21H,5-6,11,13H2,1-2H3,(H,23,24);(H,6,7). The third-order valence-electron chi connectivity index (χ3n) is 5.11. The molecule has 34 heavy (non-hydrogen) atoms. The van der Waals surface area contributed by atoms with Gasteiger partial charge in [-0.3, -0.25) is 4.72 Å². The van der Waals surface area contributed by atoms with E-state index < -0.39 is 28.1 Å². The predicted octanol–water partition coefficient (Wildman–Crippen LogP) is 4.36. The van der Waals surface area contributed by atoms with Crippen LogP contribution in [0.1, 0.15) is 35.7 Å². The Morgan fingerprint density at radius 1 is 1.12 bits per heavy atom. The molecule has 2 aromatic rings. The van der Waals surface area contributed by atoms with Crippen LogP contribution in [0.25, 0.3) is 0 Å². The van der Waals surface area contributed by atoms with Gasteiger partial charge in [0, 0.05) is 13.1 Å². The van der Waals surface area contributed by atoms with E-state index in [1.165, 1.54) is 12.1 Å². The van der Waals surface area contributed by atoms with Crippen molar-refractivity contribution in [2.45, 2.75) is 37.8 Å². The summed E-state index contributed by atoms with van der Waals surface area (Å²) in [6.45, 7) is 5.52. The van der Waals surface area contributed by atoms with Crippen LogP contribution in [-0.4, -0.2) is 49.8 Å². The van der Waals surface area contributed by atoms with Gasteiger partial charge in [-0.2, -0.15) is 13.2 Å². The molecule has 0 bridgehead atoms. The highest BCUT2D eigenvalue weighted by Crippen LogP contribution is 2.33. The van der Waals surface area contributed by atoms with E-state index in [1.807, 2.05) is 0 Å². The molecule has 12 heteroatoms. The Hall–Kier alpha value is -3.28. The zero-order valence-corrected chi connectivity index (χ0v) is 19.3. The molecule has 8 nitrogen and oxygen atoms in total. The molecule has 1 aliphatic rings. The molecule has 1 fully saturated rings. The Labute approximate surface area is 195 Å². The Morgan fingerprint density at radius 3 is 2.26 bits per heavy atom. The maximum atomic E-state index is 12.9. The number of rotatable bonds is 5. The molecule has 1 aliphatic heterocycles. The van der Waals surface area contributed by atoms with Crippen molar-refractivity contribution in [3.05, 3.63) is 53.6 Å². The number of nitrogens with zero attached hydrogens (tertiary/aromatic N) is 1. The lowest BCUT2D eigenvalue weighted by atomic mass is 9.99. The summed E-state index contributed by atoms with van der Waals surface area (Å²) in [6, 6.07) is 11.3. The van der Waals surface area contributed by atoms with Crippen molar-refractivity contribution >= 4 is 33.3 Å². The third-order valence-corrected chi connectivity index (χ3v) is 6.64. The number of anilines is 2. The van der Waals surface area contributed by atoms with E-state index >= 15 is 0 Å². The summed E-state index contributed by atoms with van der Waals surface area (Å²) >= 11 is 0. The number of benzene rings is 2. The third kappa shape index (κ3) is 7.11. The number of carboxylic acids is 2. The van der Waals surface area contributed by atoms with Gasteiger partial charge in [-0.15, -0.1) is 0 Å². The molecule has 3 N–H and O–H groups in total. The number of hydrogen-bond donors (Lipinski definition) is 3. The van der Waals surface area contributed by atoms with Crippen LogP contribution in [0.4, 0.5) is 24.5 Å². The number of sulfonamides is 1. The molecule has 0 spiro atoms. The minimum Gasteiger partial charge on any atom is -0.478 e. The molecular weight excluding hydrogens is 477 g/mol. The van der Waals surface area contributed by atoms with Crippen molar-refractivity contribution in [2.24, 2.45) is 5.92 Å². The molecule has 1 heterocycles. The molecule has 1 atom stereocenters. The average molecular weight is 503 g/mol. The molecule has 0 aromatic heterocycles. The first-order valence-corrected chi connectivity index (χ1v) is 11.7. The first kappa shape index (κ1) is 27.0. The topological polar surface area (TPSA) is 124 Å². The van der Waals surface area contributed by atoms with Crippen LogP contribution in [0.2, 0.25) is 0 Å². The average Bonchev–Trinajstić information content (AvgIpc) is 2.73. The summed E-state index contributed by atoms with van der Waals surface area (Å²) < 4.78 is 60.2. The molecule has 1 saturated heterocycles. The largest absolute Gasteiger partial charge is 0.490 e. The van der Waals surface area contributed by atoms with Crippen molar-refractivity contribution in [1.82, 2.24) is 0 Å². The van der Waals surface area contributed by atoms with Crippen LogP contribution in [0.5, 0.6) is 0 Å². The summed E-state index contributed by atoms with van der Waals surface area (Å²) in [5.41, 5.74) is 1.69. The minimum atomic E-state index is -5.08. The van der Waals surface area contributed by atoms with E-state index in [-0.39, 0.29) is 10.5 Å². The molecule has 186 valence electrons. The van der Waals surface area contributed by atoms with Crippen molar-refractivity contribution in [3.8, 4) is 0 Å². The zero-order chi connectivity index (χ0) is 25.7. The molecule has 0 aliphatic carbocycles. The molecule has 2 aromatic carbocycles. The van der Waals surface area contributed by atoms with Gasteiger partial charge < -0.3 is 15.1 Å². The fourth-order valence-electron chi connectivity index (χ4n) is 3.49. The number of alkyl halides is 3. The van der Waals surface area contributed by atoms with E-state index in [4.69, 9.17) is 9.90 Å². The van der Waals surface area contributed by atoms with Crippen molar-refractivity contribution in [3.63, 3.8) is 0 Å². The second-order valence-electron chi connectivity index (χ2n) is 7.90. The second kappa shape index (κ2) is 10.8. The number of nitrogens with one attached hydrogen (secondary N) is 1. The highest BCUT2D eigenvalue weighted by Gasteiger charge is 2.38. The van der Waals surface area contributed by atoms with Gasteiger partial charge in [0.15, 0.2) is 0 Å². The van der Waals surface area contributed by atoms with E-state index in [0.29, 0.717) is 22.9 Å². The van der Waals surface area contributed by atoms with Crippen molar-refractivity contribution < 1.29 is 41.4 Å². The van der Waals surface area contributed by atoms with Gasteiger partial charge in [0.2, 0.25) is 0 Å². The SMILES string of the molecule is Cc1ccccc1S(=O)(=O)Nc1cc(C(=O)O)ccc1N1CCCC(C)C1.O=C(O)C(F)(F)F. The van der Waals surface area contributed by atoms with E-state index in [9.17, 15) is 31.5 Å². The number of hydrogen-bond acceptors (Lipinski definition) is 5. The molecule has 3 rings (SSSR count). The van der Waals surface area contributed by atoms with Crippen LogP contribution < -0.4 is 9.62 Å². The van der Waals surface area contributed by atoms with Crippen molar-refractivity contribution in [2.75, 3.05) is 22.7 Å². The zero-order valence-electron chi connectivity index (χ0n) is 18.5. The quantitative estimate of drug-likeness (QED) is 0.555. The Balaban J connectivity index is 0.000000509. The number of carboxylic acid groups (broad SMARTS) is 2. The Kier molecular flexibility index (Phi) is 8.54. The normalized spacial score (nSPS) is 16.3. The lowest BCUT2D eigenvalue weighted by molar-refractivity contribution is -0.192. The molecule has 1 unspecified atom stereocenters. The van der Waals surface area contributed by atoms with Gasteiger partial charge in [0.25, 0.3) is 10.0 Å². The van der Waals surface area contributed by atoms with Gasteiger partial charge in [-0.25, -0.2) is 18.0 Å². The van der Waals surface area contributed by atoms with Gasteiger partial charge >= 0.3 is 18.1 Å². The number of aromatic carboxylic acids is 1. The maximum Gasteiger partial charge on any atom is 0.490 e. The van der Waals surface area contributed by atoms with Crippen molar-refractivity contribution in [1.29, 1.82) is 0 Å². The fraction of sp³-hybridized carbons (Fsp3) is 0.364. The monoisotopic (exact) mass is 502 g/mol. The first-order valence-electron chi connectivity index (χ1n) is 10.2. The number of halogens is 3. The number of aryl methyl sites for hydroxylation is 1. The minimum absolute atomic E-state index is 0.0475. The summed E-state index contributed by atoms with van der Waals surface area (Å²) in [6.07, 6.45) is -2.93.